The Balaban J connectivity index is 2.01. The molecule has 0 aromatic heterocycles. The summed E-state index contributed by atoms with van der Waals surface area (Å²) in [5.41, 5.74) is 1.43. The predicted octanol–water partition coefficient (Wildman–Crippen LogP) is 1.32. The molecule has 2 unspecified atom stereocenters. The molecule has 3 heteroatoms. The highest BCUT2D eigenvalue weighted by Gasteiger charge is 2.35. The maximum absolute atomic E-state index is 3.71. The fraction of sp³-hybridized carbons (Fsp3) is 0.857. The molecule has 2 bridgehead atoms. The van der Waals surface area contributed by atoms with Gasteiger partial charge in [-0.25, -0.2) is 0 Å². The number of hydrogen-bond acceptors (Lipinski definition) is 3. The zero-order valence-electron chi connectivity index (χ0n) is 11.6. The van der Waals surface area contributed by atoms with Crippen molar-refractivity contribution in [2.24, 2.45) is 0 Å². The van der Waals surface area contributed by atoms with Crippen LogP contribution in [0, 0.1) is 0 Å². The third-order valence-electron chi connectivity index (χ3n) is 3.88. The van der Waals surface area contributed by atoms with Crippen LogP contribution in [-0.4, -0.2) is 61.2 Å². The summed E-state index contributed by atoms with van der Waals surface area (Å²) in [7, 11) is 0. The van der Waals surface area contributed by atoms with Gasteiger partial charge in [0.15, 0.2) is 0 Å². The lowest BCUT2D eigenvalue weighted by Gasteiger charge is -2.50. The second-order valence-electron chi connectivity index (χ2n) is 5.63. The molecule has 3 nitrogen and oxygen atoms in total. The minimum atomic E-state index is 0.531. The highest BCUT2D eigenvalue weighted by molar-refractivity contribution is 5.08. The van der Waals surface area contributed by atoms with Crippen molar-refractivity contribution in [3.63, 3.8) is 0 Å². The molecule has 0 aromatic rings. The van der Waals surface area contributed by atoms with Crippen LogP contribution < -0.4 is 5.32 Å². The van der Waals surface area contributed by atoms with Crippen molar-refractivity contribution in [3.8, 4) is 0 Å². The summed E-state index contributed by atoms with van der Waals surface area (Å²) in [4.78, 5) is 5.29. The normalized spacial score (nSPS) is 33.5. The monoisotopic (exact) mass is 237 g/mol. The third kappa shape index (κ3) is 3.30. The molecule has 3 heterocycles. The van der Waals surface area contributed by atoms with Gasteiger partial charge in [0.2, 0.25) is 0 Å². The molecule has 0 spiro atoms. The van der Waals surface area contributed by atoms with E-state index in [9.17, 15) is 0 Å². The van der Waals surface area contributed by atoms with Gasteiger partial charge in [-0.2, -0.15) is 0 Å². The predicted molar refractivity (Wildman–Crippen MR) is 73.3 cm³/mol. The number of hydrogen-bond donors (Lipinski definition) is 1. The van der Waals surface area contributed by atoms with Crippen LogP contribution >= 0.6 is 0 Å². The Bertz CT molecular complexity index is 263. The molecular weight excluding hydrogens is 210 g/mol. The molecule has 1 N–H and O–H groups in total. The van der Waals surface area contributed by atoms with Gasteiger partial charge in [0.05, 0.1) is 0 Å². The van der Waals surface area contributed by atoms with Gasteiger partial charge in [-0.1, -0.05) is 18.6 Å². The molecular formula is C14H27N3. The Kier molecular flexibility index (Phi) is 4.60. The SMILES string of the molecule is CCCNC(C=C(C)C)C1CN2CCN1CC2. The van der Waals surface area contributed by atoms with Gasteiger partial charge in [0.25, 0.3) is 0 Å². The molecule has 0 saturated carbocycles. The Morgan fingerprint density at radius 2 is 2.00 bits per heavy atom. The van der Waals surface area contributed by atoms with Gasteiger partial charge in [0.1, 0.15) is 0 Å². The van der Waals surface area contributed by atoms with Gasteiger partial charge < -0.3 is 5.32 Å². The second kappa shape index (κ2) is 5.98. The van der Waals surface area contributed by atoms with Crippen molar-refractivity contribution in [2.45, 2.75) is 39.3 Å². The van der Waals surface area contributed by atoms with Gasteiger partial charge in [-0.3, -0.25) is 9.80 Å². The van der Waals surface area contributed by atoms with Crippen LogP contribution in [0.1, 0.15) is 27.2 Å². The standard InChI is InChI=1S/C14H27N3/c1-4-5-15-13(10-12(2)3)14-11-16-6-8-17(14)9-7-16/h10,13-15H,4-9,11H2,1-3H3. The van der Waals surface area contributed by atoms with Crippen LogP contribution in [0.3, 0.4) is 0 Å². The largest absolute Gasteiger partial charge is 0.309 e. The zero-order chi connectivity index (χ0) is 12.3. The second-order valence-corrected chi connectivity index (χ2v) is 5.63. The summed E-state index contributed by atoms with van der Waals surface area (Å²) in [6, 6.07) is 1.21. The summed E-state index contributed by atoms with van der Waals surface area (Å²) >= 11 is 0. The van der Waals surface area contributed by atoms with E-state index in [1.807, 2.05) is 0 Å². The summed E-state index contributed by atoms with van der Waals surface area (Å²) in [6.07, 6.45) is 3.63. The first kappa shape index (κ1) is 13.1. The van der Waals surface area contributed by atoms with Crippen LogP contribution in [-0.2, 0) is 0 Å². The molecule has 0 aromatic carbocycles. The number of rotatable bonds is 5. The minimum absolute atomic E-state index is 0.531. The number of allylic oxidation sites excluding steroid dienone is 1. The first-order valence-electron chi connectivity index (χ1n) is 7.05. The quantitative estimate of drug-likeness (QED) is 0.728. The molecule has 0 radical (unpaired) electrons. The Morgan fingerprint density at radius 3 is 2.47 bits per heavy atom. The van der Waals surface area contributed by atoms with Crippen LogP contribution in [0.5, 0.6) is 0 Å². The highest BCUT2D eigenvalue weighted by atomic mass is 15.4. The zero-order valence-corrected chi connectivity index (χ0v) is 11.6. The van der Waals surface area contributed by atoms with Crippen LogP contribution in [0.15, 0.2) is 11.6 Å². The van der Waals surface area contributed by atoms with Gasteiger partial charge in [-0.15, -0.1) is 0 Å². The van der Waals surface area contributed by atoms with E-state index in [2.05, 4.69) is 42.0 Å². The summed E-state index contributed by atoms with van der Waals surface area (Å²) < 4.78 is 0. The van der Waals surface area contributed by atoms with Gasteiger partial charge in [0, 0.05) is 44.8 Å². The molecule has 3 rings (SSSR count). The fourth-order valence-corrected chi connectivity index (χ4v) is 2.97. The van der Waals surface area contributed by atoms with E-state index in [0.717, 1.165) is 6.54 Å². The molecule has 3 saturated heterocycles. The smallest absolute Gasteiger partial charge is 0.0422 e. The van der Waals surface area contributed by atoms with Crippen molar-refractivity contribution in [1.29, 1.82) is 0 Å². The third-order valence-corrected chi connectivity index (χ3v) is 3.88. The van der Waals surface area contributed by atoms with Crippen LogP contribution in [0.2, 0.25) is 0 Å². The molecule has 17 heavy (non-hydrogen) atoms. The van der Waals surface area contributed by atoms with E-state index in [1.54, 1.807) is 0 Å². The lowest BCUT2D eigenvalue weighted by molar-refractivity contribution is 0.00362. The molecule has 2 atom stereocenters. The molecule has 3 fully saturated rings. The van der Waals surface area contributed by atoms with E-state index < -0.39 is 0 Å². The van der Waals surface area contributed by atoms with Crippen LogP contribution in [0.25, 0.3) is 0 Å². The lowest BCUT2D eigenvalue weighted by Crippen LogP contribution is -2.66. The first-order valence-corrected chi connectivity index (χ1v) is 7.05. The van der Waals surface area contributed by atoms with Crippen molar-refractivity contribution in [2.75, 3.05) is 39.3 Å². The maximum atomic E-state index is 3.71. The molecule has 3 aliphatic heterocycles. The average Bonchev–Trinajstić information content (AvgIpc) is 2.35. The van der Waals surface area contributed by atoms with E-state index >= 15 is 0 Å². The molecule has 0 aliphatic carbocycles. The summed E-state index contributed by atoms with van der Waals surface area (Å²) in [6.45, 7) is 14.1. The van der Waals surface area contributed by atoms with E-state index in [-0.39, 0.29) is 0 Å². The summed E-state index contributed by atoms with van der Waals surface area (Å²) in [5.74, 6) is 0. The molecule has 98 valence electrons. The highest BCUT2D eigenvalue weighted by Crippen LogP contribution is 2.19. The Morgan fingerprint density at radius 1 is 1.29 bits per heavy atom. The first-order chi connectivity index (χ1) is 8.20. The number of piperazine rings is 3. The minimum Gasteiger partial charge on any atom is -0.309 e. The van der Waals surface area contributed by atoms with Crippen molar-refractivity contribution in [1.82, 2.24) is 15.1 Å². The molecule has 3 aliphatic rings. The number of nitrogens with zero attached hydrogens (tertiary/aromatic N) is 2. The van der Waals surface area contributed by atoms with E-state index in [4.69, 9.17) is 0 Å². The fourth-order valence-electron chi connectivity index (χ4n) is 2.97. The maximum Gasteiger partial charge on any atom is 0.0422 e. The van der Waals surface area contributed by atoms with E-state index in [0.29, 0.717) is 12.1 Å². The summed E-state index contributed by atoms with van der Waals surface area (Å²) in [5, 5.41) is 3.71. The lowest BCUT2D eigenvalue weighted by atomic mass is 9.98. The number of fused-ring (bicyclic) bond motifs is 3. The van der Waals surface area contributed by atoms with E-state index in [1.165, 1.54) is 44.7 Å². The van der Waals surface area contributed by atoms with Crippen molar-refractivity contribution >= 4 is 0 Å². The Hall–Kier alpha value is -0.380. The number of nitrogens with one attached hydrogen (secondary N) is 1. The van der Waals surface area contributed by atoms with Gasteiger partial charge in [-0.05, 0) is 26.8 Å². The topological polar surface area (TPSA) is 18.5 Å². The van der Waals surface area contributed by atoms with Crippen molar-refractivity contribution < 1.29 is 0 Å². The average molecular weight is 237 g/mol. The Labute approximate surface area is 106 Å². The molecule has 0 amide bonds. The van der Waals surface area contributed by atoms with Crippen LogP contribution in [0.4, 0.5) is 0 Å². The van der Waals surface area contributed by atoms with Crippen molar-refractivity contribution in [3.05, 3.63) is 11.6 Å². The van der Waals surface area contributed by atoms with Gasteiger partial charge >= 0.3 is 0 Å².